The zero-order valence-electron chi connectivity index (χ0n) is 25.0. The number of allylic oxidation sites excluding steroid dienone is 4. The molecule has 0 fully saturated rings. The number of phenols is 1. The minimum absolute atomic E-state index is 0.00352. The van der Waals surface area contributed by atoms with Crippen LogP contribution in [0.5, 0.6) is 17.2 Å². The number of phenolic OH excluding ortho intramolecular Hbond substituents is 1. The van der Waals surface area contributed by atoms with Gasteiger partial charge in [-0.3, -0.25) is 14.8 Å². The first-order valence-electron chi connectivity index (χ1n) is 14.1. The molecule has 0 atom stereocenters. The maximum atomic E-state index is 14.1. The number of fused-ring (bicyclic) bond motifs is 2. The molecule has 2 aromatic carbocycles. The Bertz CT molecular complexity index is 1610. The molecule has 0 aliphatic rings. The summed E-state index contributed by atoms with van der Waals surface area (Å²) in [5.74, 6) is 0.529. The first-order valence-corrected chi connectivity index (χ1v) is 14.1. The highest BCUT2D eigenvalue weighted by Gasteiger charge is 2.23. The largest absolute Gasteiger partial charge is 0.507 e. The van der Waals surface area contributed by atoms with E-state index in [1.165, 1.54) is 0 Å². The predicted molar refractivity (Wildman–Crippen MR) is 171 cm³/mol. The second-order valence-corrected chi connectivity index (χ2v) is 10.1. The Balaban J connectivity index is 2.21. The highest BCUT2D eigenvalue weighted by Crippen LogP contribution is 2.39. The van der Waals surface area contributed by atoms with Crippen molar-refractivity contribution >= 4 is 33.9 Å². The molecular formula is C31H42N6O6. The van der Waals surface area contributed by atoms with Crippen LogP contribution in [0.3, 0.4) is 0 Å². The van der Waals surface area contributed by atoms with Crippen molar-refractivity contribution in [1.29, 1.82) is 0 Å². The number of aliphatic hydroxyl groups is 1. The molecule has 12 nitrogen and oxygen atoms in total. The summed E-state index contributed by atoms with van der Waals surface area (Å²) >= 11 is 0. The van der Waals surface area contributed by atoms with Crippen molar-refractivity contribution in [2.45, 2.75) is 53.1 Å². The van der Waals surface area contributed by atoms with Crippen LogP contribution >= 0.6 is 0 Å². The first-order chi connectivity index (χ1) is 20.6. The number of guanidine groups is 2. The van der Waals surface area contributed by atoms with E-state index in [2.05, 4.69) is 9.98 Å². The van der Waals surface area contributed by atoms with Crippen LogP contribution in [-0.2, 0) is 19.4 Å². The lowest BCUT2D eigenvalue weighted by Crippen LogP contribution is -2.23. The van der Waals surface area contributed by atoms with E-state index in [9.17, 15) is 15.0 Å². The Kier molecular flexibility index (Phi) is 11.8. The fourth-order valence-electron chi connectivity index (χ4n) is 4.57. The molecule has 0 radical (unpaired) electrons. The molecule has 3 rings (SSSR count). The number of aliphatic imine (C=N–C) groups is 2. The molecule has 0 saturated carbocycles. The smallest absolute Gasteiger partial charge is 0.204 e. The number of aromatic hydroxyl groups is 1. The molecule has 43 heavy (non-hydrogen) atoms. The molecule has 0 saturated heterocycles. The van der Waals surface area contributed by atoms with Gasteiger partial charge in [-0.2, -0.15) is 0 Å². The number of nitrogens with two attached hydrogens (primary N) is 4. The van der Waals surface area contributed by atoms with E-state index in [1.54, 1.807) is 12.1 Å². The lowest BCUT2D eigenvalue weighted by Gasteiger charge is -2.18. The van der Waals surface area contributed by atoms with Gasteiger partial charge in [-0.25, -0.2) is 0 Å². The van der Waals surface area contributed by atoms with Crippen molar-refractivity contribution < 1.29 is 24.1 Å². The highest BCUT2D eigenvalue weighted by atomic mass is 16.5. The fourth-order valence-corrected chi connectivity index (χ4v) is 4.57. The first kappa shape index (κ1) is 32.8. The second-order valence-electron chi connectivity index (χ2n) is 10.1. The lowest BCUT2D eigenvalue weighted by molar-refractivity contribution is 0.261. The maximum Gasteiger partial charge on any atom is 0.204 e. The zero-order chi connectivity index (χ0) is 31.5. The summed E-state index contributed by atoms with van der Waals surface area (Å²) in [5, 5.41) is 22.1. The Hall–Kier alpha value is -4.71. The quantitative estimate of drug-likeness (QED) is 0.0497. The van der Waals surface area contributed by atoms with Crippen LogP contribution in [0.1, 0.15) is 50.3 Å². The third-order valence-electron chi connectivity index (χ3n) is 6.61. The molecule has 0 aliphatic carbocycles. The maximum absolute atomic E-state index is 14.1. The molecule has 1 heterocycles. The Morgan fingerprint density at radius 2 is 1.44 bits per heavy atom. The van der Waals surface area contributed by atoms with Gasteiger partial charge in [-0.15, -0.1) is 0 Å². The summed E-state index contributed by atoms with van der Waals surface area (Å²) in [7, 11) is 0. The molecule has 0 amide bonds. The van der Waals surface area contributed by atoms with Crippen LogP contribution in [0, 0.1) is 0 Å². The number of hydrogen-bond acceptors (Lipinski definition) is 8. The van der Waals surface area contributed by atoms with Crippen molar-refractivity contribution in [3.8, 4) is 17.2 Å². The van der Waals surface area contributed by atoms with Gasteiger partial charge in [0.05, 0.1) is 25.2 Å². The van der Waals surface area contributed by atoms with Gasteiger partial charge in [0.1, 0.15) is 33.8 Å². The van der Waals surface area contributed by atoms with Gasteiger partial charge in [0, 0.05) is 49.2 Å². The minimum Gasteiger partial charge on any atom is -0.507 e. The van der Waals surface area contributed by atoms with Gasteiger partial charge in [-0.1, -0.05) is 23.8 Å². The molecule has 0 aliphatic heterocycles. The van der Waals surface area contributed by atoms with Gasteiger partial charge in [0.2, 0.25) is 5.43 Å². The lowest BCUT2D eigenvalue weighted by atomic mass is 9.95. The van der Waals surface area contributed by atoms with E-state index >= 15 is 0 Å². The summed E-state index contributed by atoms with van der Waals surface area (Å²) in [6.45, 7) is 6.67. The predicted octanol–water partition coefficient (Wildman–Crippen LogP) is 2.86. The number of rotatable bonds is 15. The summed E-state index contributed by atoms with van der Waals surface area (Å²) in [5.41, 5.74) is 24.1. The summed E-state index contributed by atoms with van der Waals surface area (Å²) < 4.78 is 18.3. The monoisotopic (exact) mass is 594 g/mol. The number of nitrogens with zero attached hydrogens (tertiary/aromatic N) is 2. The molecule has 0 unspecified atom stereocenters. The zero-order valence-corrected chi connectivity index (χ0v) is 25.0. The van der Waals surface area contributed by atoms with Gasteiger partial charge >= 0.3 is 0 Å². The van der Waals surface area contributed by atoms with E-state index in [4.69, 9.17) is 36.8 Å². The van der Waals surface area contributed by atoms with Gasteiger partial charge in [0.25, 0.3) is 0 Å². The van der Waals surface area contributed by atoms with Crippen LogP contribution < -0.4 is 37.8 Å². The van der Waals surface area contributed by atoms with Crippen LogP contribution in [0.4, 0.5) is 0 Å². The van der Waals surface area contributed by atoms with Gasteiger partial charge < -0.3 is 47.0 Å². The third-order valence-corrected chi connectivity index (χ3v) is 6.61. The normalized spacial score (nSPS) is 11.2. The molecule has 12 heteroatoms. The van der Waals surface area contributed by atoms with Crippen LogP contribution in [0.15, 0.2) is 55.1 Å². The highest BCUT2D eigenvalue weighted by molar-refractivity contribution is 5.97. The van der Waals surface area contributed by atoms with Crippen molar-refractivity contribution in [2.24, 2.45) is 32.9 Å². The standard InChI is InChI=1S/C31H42N6O6/c1-4-5-8-20-22(41-13-6-11-36-30(32)33)15-25-27(28(20)39)29(40)26-19(10-9-18(2)3)21(17-38)23(16-24(26)43-25)42-14-7-12-37-31(34)35/h4-5,9,15-16,38-39H,6-8,10-14,17H2,1-3H3,(H4,32,33,36)(H4,34,35,37). The Morgan fingerprint density at radius 1 is 0.884 bits per heavy atom. The summed E-state index contributed by atoms with van der Waals surface area (Å²) in [6.07, 6.45) is 7.39. The van der Waals surface area contributed by atoms with Crippen LogP contribution in [0.25, 0.3) is 21.9 Å². The van der Waals surface area contributed by atoms with Crippen LogP contribution in [-0.4, -0.2) is 48.4 Å². The van der Waals surface area contributed by atoms with Crippen molar-refractivity contribution in [2.75, 3.05) is 26.3 Å². The van der Waals surface area contributed by atoms with E-state index in [1.807, 2.05) is 39.0 Å². The number of ether oxygens (including phenoxy) is 2. The number of aliphatic hydroxyl groups excluding tert-OH is 1. The Labute approximate surface area is 250 Å². The molecule has 0 spiro atoms. The van der Waals surface area contributed by atoms with Crippen molar-refractivity contribution in [3.05, 3.63) is 62.8 Å². The van der Waals surface area contributed by atoms with Gasteiger partial charge in [0.15, 0.2) is 11.9 Å². The minimum atomic E-state index is -0.416. The molecule has 3 aromatic rings. The molecular weight excluding hydrogens is 552 g/mol. The fraction of sp³-hybridized carbons (Fsp3) is 0.387. The van der Waals surface area contributed by atoms with Crippen LogP contribution in [0.2, 0.25) is 0 Å². The number of benzene rings is 2. The topological polar surface area (TPSA) is 218 Å². The summed E-state index contributed by atoms with van der Waals surface area (Å²) in [6, 6.07) is 3.20. The molecule has 232 valence electrons. The molecule has 0 bridgehead atoms. The Morgan fingerprint density at radius 3 is 1.95 bits per heavy atom. The van der Waals surface area contributed by atoms with E-state index in [0.29, 0.717) is 67.0 Å². The number of hydrogen-bond donors (Lipinski definition) is 6. The van der Waals surface area contributed by atoms with E-state index in [-0.39, 0.29) is 59.4 Å². The van der Waals surface area contributed by atoms with Crippen molar-refractivity contribution in [3.63, 3.8) is 0 Å². The van der Waals surface area contributed by atoms with E-state index < -0.39 is 5.43 Å². The molecule has 10 N–H and O–H groups in total. The van der Waals surface area contributed by atoms with Crippen molar-refractivity contribution in [1.82, 2.24) is 0 Å². The average Bonchev–Trinajstić information content (AvgIpc) is 2.94. The SMILES string of the molecule is CC=CCc1c(OCCCN=C(N)N)cc2oc3cc(OCCCN=C(N)N)c(CO)c(CC=C(C)C)c3c(=O)c2c1O. The summed E-state index contributed by atoms with van der Waals surface area (Å²) in [4.78, 5) is 22.0. The average molecular weight is 595 g/mol. The van der Waals surface area contributed by atoms with E-state index in [0.717, 1.165) is 5.57 Å². The van der Waals surface area contributed by atoms with Gasteiger partial charge in [-0.05, 0) is 39.2 Å². The third kappa shape index (κ3) is 8.41. The molecule has 1 aromatic heterocycles. The second kappa shape index (κ2) is 15.5.